The van der Waals surface area contributed by atoms with Crippen LogP contribution in [0.1, 0.15) is 6.42 Å². The van der Waals surface area contributed by atoms with Gasteiger partial charge < -0.3 is 4.42 Å². The lowest BCUT2D eigenvalue weighted by molar-refractivity contribution is 0.405. The van der Waals surface area contributed by atoms with Gasteiger partial charge in [-0.3, -0.25) is 0 Å². The minimum absolute atomic E-state index is 0.112. The van der Waals surface area contributed by atoms with E-state index in [-0.39, 0.29) is 24.2 Å². The van der Waals surface area contributed by atoms with Crippen LogP contribution in [0.3, 0.4) is 0 Å². The van der Waals surface area contributed by atoms with E-state index in [0.29, 0.717) is 24.1 Å². The fourth-order valence-electron chi connectivity index (χ4n) is 2.55. The van der Waals surface area contributed by atoms with Crippen LogP contribution in [0.4, 0.5) is 0 Å². The van der Waals surface area contributed by atoms with Crippen molar-refractivity contribution in [2.75, 3.05) is 19.6 Å². The van der Waals surface area contributed by atoms with Gasteiger partial charge in [-0.1, -0.05) is 18.7 Å². The zero-order valence-corrected chi connectivity index (χ0v) is 14.4. The van der Waals surface area contributed by atoms with Crippen molar-refractivity contribution in [3.05, 3.63) is 36.3 Å². The van der Waals surface area contributed by atoms with Crippen molar-refractivity contribution in [2.24, 2.45) is 5.92 Å². The minimum Gasteiger partial charge on any atom is -0.427 e. The van der Waals surface area contributed by atoms with Gasteiger partial charge in [0.2, 0.25) is 10.0 Å². The number of fused-ring (bicyclic) bond motifs is 1. The van der Waals surface area contributed by atoms with Crippen molar-refractivity contribution in [1.82, 2.24) is 14.0 Å². The third-order valence-electron chi connectivity index (χ3n) is 3.88. The number of benzene rings is 1. The molecule has 1 aliphatic rings. The third kappa shape index (κ3) is 3.36. The summed E-state index contributed by atoms with van der Waals surface area (Å²) in [5.74, 6) is -0.112. The Balaban J connectivity index is 1.73. The van der Waals surface area contributed by atoms with E-state index in [1.54, 1.807) is 24.3 Å². The van der Waals surface area contributed by atoms with E-state index in [9.17, 15) is 16.8 Å². The van der Waals surface area contributed by atoms with Gasteiger partial charge >= 0.3 is 5.22 Å². The molecular formula is C14H17N3O5S2. The number of hydrogen-bond donors (Lipinski definition) is 1. The standard InChI is InChI=1S/C14H17N3O5S2/c1-2-23(18,19)15-9-11-7-8-17(10-11)24(20,21)14-16-12-5-3-4-6-13(12)22-14/h2-6,11,15H,1,7-10H2/t11-/m1/s1. The molecule has 2 aromatic rings. The maximum atomic E-state index is 12.6. The molecule has 0 aliphatic carbocycles. The number of nitrogens with one attached hydrogen (secondary N) is 1. The van der Waals surface area contributed by atoms with Gasteiger partial charge in [0, 0.05) is 25.0 Å². The Hall–Kier alpha value is -1.75. The molecule has 2 heterocycles. The van der Waals surface area contributed by atoms with Gasteiger partial charge in [0.05, 0.1) is 0 Å². The number of para-hydroxylation sites is 2. The van der Waals surface area contributed by atoms with E-state index >= 15 is 0 Å². The first kappa shape index (κ1) is 17.1. The Bertz CT molecular complexity index is 932. The summed E-state index contributed by atoms with van der Waals surface area (Å²) in [4.78, 5) is 4.03. The Morgan fingerprint density at radius 3 is 2.79 bits per heavy atom. The molecule has 0 radical (unpaired) electrons. The lowest BCUT2D eigenvalue weighted by Crippen LogP contribution is -2.32. The van der Waals surface area contributed by atoms with Crippen LogP contribution in [0.15, 0.2) is 45.9 Å². The largest absolute Gasteiger partial charge is 0.427 e. The normalized spacial score (nSPS) is 19.8. The van der Waals surface area contributed by atoms with Crippen LogP contribution in [-0.4, -0.2) is 45.8 Å². The zero-order valence-electron chi connectivity index (χ0n) is 12.8. The zero-order chi connectivity index (χ0) is 17.4. The molecule has 1 aromatic carbocycles. The van der Waals surface area contributed by atoms with Crippen LogP contribution >= 0.6 is 0 Å². The van der Waals surface area contributed by atoms with E-state index < -0.39 is 20.0 Å². The molecule has 0 bridgehead atoms. The monoisotopic (exact) mass is 371 g/mol. The quantitative estimate of drug-likeness (QED) is 0.808. The van der Waals surface area contributed by atoms with E-state index in [1.165, 1.54) is 4.31 Å². The molecule has 1 saturated heterocycles. The van der Waals surface area contributed by atoms with Gasteiger partial charge in [-0.2, -0.15) is 9.29 Å². The summed E-state index contributed by atoms with van der Waals surface area (Å²) < 4.78 is 57.0. The summed E-state index contributed by atoms with van der Waals surface area (Å²) >= 11 is 0. The van der Waals surface area contributed by atoms with Crippen LogP contribution in [0.25, 0.3) is 11.1 Å². The van der Waals surface area contributed by atoms with Gasteiger partial charge in [0.15, 0.2) is 5.58 Å². The van der Waals surface area contributed by atoms with E-state index in [2.05, 4.69) is 16.3 Å². The maximum absolute atomic E-state index is 12.6. The molecule has 1 aliphatic heterocycles. The molecule has 0 saturated carbocycles. The Kier molecular flexibility index (Phi) is 4.47. The van der Waals surface area contributed by atoms with E-state index in [0.717, 1.165) is 5.41 Å². The highest BCUT2D eigenvalue weighted by atomic mass is 32.2. The highest BCUT2D eigenvalue weighted by Gasteiger charge is 2.36. The van der Waals surface area contributed by atoms with Gasteiger partial charge in [0.1, 0.15) is 5.52 Å². The summed E-state index contributed by atoms with van der Waals surface area (Å²) in [5.41, 5.74) is 0.885. The second-order valence-corrected chi connectivity index (χ2v) is 9.05. The van der Waals surface area contributed by atoms with Gasteiger partial charge in [-0.25, -0.2) is 21.6 Å². The fraction of sp³-hybridized carbons (Fsp3) is 0.357. The van der Waals surface area contributed by atoms with Crippen LogP contribution < -0.4 is 4.72 Å². The molecule has 1 N–H and O–H groups in total. The molecule has 1 fully saturated rings. The fourth-order valence-corrected chi connectivity index (χ4v) is 4.52. The highest BCUT2D eigenvalue weighted by Crippen LogP contribution is 2.26. The van der Waals surface area contributed by atoms with Crippen molar-refractivity contribution < 1.29 is 21.3 Å². The topological polar surface area (TPSA) is 110 Å². The molecule has 24 heavy (non-hydrogen) atoms. The summed E-state index contributed by atoms with van der Waals surface area (Å²) in [6.45, 7) is 3.88. The second kappa shape index (κ2) is 6.28. The lowest BCUT2D eigenvalue weighted by atomic mass is 10.1. The van der Waals surface area contributed by atoms with Crippen molar-refractivity contribution in [3.63, 3.8) is 0 Å². The predicted molar refractivity (Wildman–Crippen MR) is 88.0 cm³/mol. The Morgan fingerprint density at radius 1 is 1.33 bits per heavy atom. The molecule has 0 unspecified atom stereocenters. The molecule has 3 rings (SSSR count). The Morgan fingerprint density at radius 2 is 2.08 bits per heavy atom. The summed E-state index contributed by atoms with van der Waals surface area (Å²) in [5, 5.41) is 0.491. The van der Waals surface area contributed by atoms with Crippen LogP contribution in [0, 0.1) is 5.92 Å². The maximum Gasteiger partial charge on any atom is 0.332 e. The molecule has 10 heteroatoms. The van der Waals surface area contributed by atoms with Crippen molar-refractivity contribution in [2.45, 2.75) is 11.6 Å². The van der Waals surface area contributed by atoms with Gasteiger partial charge in [-0.05, 0) is 24.5 Å². The number of nitrogens with zero attached hydrogens (tertiary/aromatic N) is 2. The molecule has 0 amide bonds. The third-order valence-corrected chi connectivity index (χ3v) is 6.51. The smallest absolute Gasteiger partial charge is 0.332 e. The molecular weight excluding hydrogens is 354 g/mol. The van der Waals surface area contributed by atoms with Crippen LogP contribution in [0.5, 0.6) is 0 Å². The summed E-state index contributed by atoms with van der Waals surface area (Å²) in [6.07, 6.45) is 0.555. The van der Waals surface area contributed by atoms with Crippen molar-refractivity contribution in [1.29, 1.82) is 0 Å². The minimum atomic E-state index is -3.83. The van der Waals surface area contributed by atoms with Crippen molar-refractivity contribution >= 4 is 31.1 Å². The first-order valence-electron chi connectivity index (χ1n) is 7.30. The first-order valence-corrected chi connectivity index (χ1v) is 10.3. The average Bonchev–Trinajstić information content (AvgIpc) is 3.20. The number of hydrogen-bond acceptors (Lipinski definition) is 6. The number of aromatic nitrogens is 1. The average molecular weight is 371 g/mol. The van der Waals surface area contributed by atoms with Crippen molar-refractivity contribution in [3.8, 4) is 0 Å². The Labute approximate surface area is 140 Å². The van der Waals surface area contributed by atoms with Gasteiger partial charge in [0.25, 0.3) is 10.0 Å². The molecule has 8 nitrogen and oxygen atoms in total. The van der Waals surface area contributed by atoms with Gasteiger partial charge in [-0.15, -0.1) is 0 Å². The summed E-state index contributed by atoms with van der Waals surface area (Å²) in [6, 6.07) is 6.81. The molecule has 1 atom stereocenters. The van der Waals surface area contributed by atoms with Crippen LogP contribution in [-0.2, 0) is 20.0 Å². The SMILES string of the molecule is C=CS(=O)(=O)NC[C@H]1CCN(S(=O)(=O)c2nc3ccccc3o2)C1. The number of sulfonamides is 2. The predicted octanol–water partition coefficient (Wildman–Crippen LogP) is 0.901. The highest BCUT2D eigenvalue weighted by molar-refractivity contribution is 7.92. The second-order valence-electron chi connectivity index (χ2n) is 5.53. The van der Waals surface area contributed by atoms with Crippen LogP contribution in [0.2, 0.25) is 0 Å². The van der Waals surface area contributed by atoms with E-state index in [4.69, 9.17) is 4.42 Å². The number of rotatable bonds is 6. The molecule has 130 valence electrons. The molecule has 1 aromatic heterocycles. The first-order chi connectivity index (χ1) is 11.3. The lowest BCUT2D eigenvalue weighted by Gasteiger charge is -2.14. The van der Waals surface area contributed by atoms with E-state index in [1.807, 2.05) is 0 Å². The number of oxazole rings is 1. The summed E-state index contributed by atoms with van der Waals surface area (Å²) in [7, 11) is -7.35. The molecule has 0 spiro atoms.